The Morgan fingerprint density at radius 1 is 1.00 bits per heavy atom. The molecule has 0 bridgehead atoms. The molecule has 0 aliphatic rings. The average Bonchev–Trinajstić information content (AvgIpc) is 2.50. The molecule has 0 radical (unpaired) electrons. The maximum absolute atomic E-state index is 4.22. The van der Waals surface area contributed by atoms with Gasteiger partial charge in [0.25, 0.3) is 0 Å². The summed E-state index contributed by atoms with van der Waals surface area (Å²) in [6, 6.07) is 0. The molecule has 2 aromatic heterocycles. The highest BCUT2D eigenvalue weighted by molar-refractivity contribution is 14.1. The van der Waals surface area contributed by atoms with E-state index in [1.54, 1.807) is 18.7 Å². The monoisotopic (exact) mass is 524 g/mol. The Morgan fingerprint density at radius 2 is 1.64 bits per heavy atom. The van der Waals surface area contributed by atoms with Crippen molar-refractivity contribution in [2.45, 2.75) is 0 Å². The summed E-state index contributed by atoms with van der Waals surface area (Å²) in [5.41, 5.74) is 0. The first-order chi connectivity index (χ1) is 6.68. The lowest BCUT2D eigenvalue weighted by Gasteiger charge is -2.00. The second-order valence-electron chi connectivity index (χ2n) is 2.40. The molecule has 7 heteroatoms. The quantitative estimate of drug-likeness (QED) is 0.540. The zero-order valence-corrected chi connectivity index (χ0v) is 13.1. The zero-order chi connectivity index (χ0) is 10.1. The van der Waals surface area contributed by atoms with Crippen LogP contribution in [-0.2, 0) is 0 Å². The van der Waals surface area contributed by atoms with Crippen molar-refractivity contribution in [3.05, 3.63) is 29.7 Å². The van der Waals surface area contributed by atoms with E-state index in [0.717, 1.165) is 11.0 Å². The van der Waals surface area contributed by atoms with Gasteiger partial charge in [0.05, 0.1) is 0 Å². The summed E-state index contributed by atoms with van der Waals surface area (Å²) in [6.45, 7) is 0. The van der Waals surface area contributed by atoms with E-state index >= 15 is 0 Å². The topological polar surface area (TPSA) is 43.6 Å². The lowest BCUT2D eigenvalue weighted by atomic mass is 10.7. The minimum Gasteiger partial charge on any atom is -0.261 e. The Kier molecular flexibility index (Phi) is 3.57. The normalized spacial score (nSPS) is 10.5. The predicted octanol–water partition coefficient (Wildman–Crippen LogP) is 2.48. The number of hydrogen-bond donors (Lipinski definition) is 0. The van der Waals surface area contributed by atoms with Crippen LogP contribution in [0.4, 0.5) is 0 Å². The number of nitrogens with zero attached hydrogens (tertiary/aromatic N) is 4. The van der Waals surface area contributed by atoms with E-state index in [1.165, 1.54) is 0 Å². The zero-order valence-electron chi connectivity index (χ0n) is 6.65. The second kappa shape index (κ2) is 4.55. The molecule has 0 aromatic carbocycles. The van der Waals surface area contributed by atoms with Crippen LogP contribution in [0.2, 0.25) is 0 Å². The van der Waals surface area contributed by atoms with Gasteiger partial charge in [-0.25, -0.2) is 15.0 Å². The first kappa shape index (κ1) is 11.0. The van der Waals surface area contributed by atoms with E-state index in [1.807, 2.05) is 4.57 Å². The number of imidazole rings is 1. The van der Waals surface area contributed by atoms with Crippen molar-refractivity contribution < 1.29 is 0 Å². The van der Waals surface area contributed by atoms with Gasteiger partial charge in [-0.2, -0.15) is 0 Å². The van der Waals surface area contributed by atoms with Gasteiger partial charge in [-0.15, -0.1) is 0 Å². The van der Waals surface area contributed by atoms with Gasteiger partial charge in [0, 0.05) is 16.0 Å². The van der Waals surface area contributed by atoms with E-state index < -0.39 is 0 Å². The number of rotatable bonds is 1. The van der Waals surface area contributed by atoms with E-state index in [0.29, 0.717) is 5.95 Å². The van der Waals surface area contributed by atoms with Crippen molar-refractivity contribution in [3.63, 3.8) is 0 Å². The molecule has 2 heterocycles. The summed E-state index contributed by atoms with van der Waals surface area (Å²) in [6.07, 6.45) is 5.30. The van der Waals surface area contributed by atoms with Crippen LogP contribution in [0.15, 0.2) is 18.7 Å². The number of hydrogen-bond acceptors (Lipinski definition) is 3. The Bertz CT molecular complexity index is 450. The number of aromatic nitrogens is 4. The molecular formula is C7H3I3N4. The third-order valence-electron chi connectivity index (χ3n) is 1.49. The third kappa shape index (κ3) is 2.18. The first-order valence-electron chi connectivity index (χ1n) is 3.55. The van der Waals surface area contributed by atoms with Gasteiger partial charge in [-0.3, -0.25) is 4.57 Å². The molecule has 0 spiro atoms. The van der Waals surface area contributed by atoms with Gasteiger partial charge < -0.3 is 0 Å². The molecule has 0 unspecified atom stereocenters. The molecule has 2 rings (SSSR count). The second-order valence-corrected chi connectivity index (χ2v) is 5.69. The van der Waals surface area contributed by atoms with Crippen LogP contribution >= 0.6 is 67.8 Å². The molecule has 0 amide bonds. The molecule has 2 aromatic rings. The Labute approximate surface area is 121 Å². The minimum atomic E-state index is 0.658. The fourth-order valence-electron chi connectivity index (χ4n) is 0.881. The standard InChI is InChI=1S/C7H3I3N4/c8-4-1-11-7(12-2-4)14-3-13-5(9)6(14)10/h1-3H. The Balaban J connectivity index is 2.49. The van der Waals surface area contributed by atoms with Gasteiger partial charge >= 0.3 is 0 Å². The largest absolute Gasteiger partial charge is 0.261 e. The molecular weight excluding hydrogens is 521 g/mol. The lowest BCUT2D eigenvalue weighted by molar-refractivity contribution is 0.903. The van der Waals surface area contributed by atoms with E-state index in [9.17, 15) is 0 Å². The first-order valence-corrected chi connectivity index (χ1v) is 6.78. The highest BCUT2D eigenvalue weighted by Crippen LogP contribution is 2.15. The maximum atomic E-state index is 4.22. The van der Waals surface area contributed by atoms with Crippen molar-refractivity contribution in [2.75, 3.05) is 0 Å². The molecule has 0 aliphatic heterocycles. The van der Waals surface area contributed by atoms with Crippen LogP contribution < -0.4 is 0 Å². The highest BCUT2D eigenvalue weighted by atomic mass is 127. The SMILES string of the molecule is Ic1cnc(-n2cnc(I)c2I)nc1. The summed E-state index contributed by atoms with van der Waals surface area (Å²) in [7, 11) is 0. The average molecular weight is 524 g/mol. The van der Waals surface area contributed by atoms with Crippen LogP contribution in [0.25, 0.3) is 5.95 Å². The molecule has 0 fully saturated rings. The molecule has 0 saturated carbocycles. The molecule has 0 aliphatic carbocycles. The van der Waals surface area contributed by atoms with E-state index in [-0.39, 0.29) is 0 Å². The Morgan fingerprint density at radius 3 is 2.14 bits per heavy atom. The van der Waals surface area contributed by atoms with Crippen molar-refractivity contribution in [1.29, 1.82) is 0 Å². The Hall–Kier alpha value is 0.480. The van der Waals surface area contributed by atoms with Crippen LogP contribution in [-0.4, -0.2) is 19.5 Å². The fourth-order valence-corrected chi connectivity index (χ4v) is 2.02. The van der Waals surface area contributed by atoms with Gasteiger partial charge in [-0.05, 0) is 67.8 Å². The smallest absolute Gasteiger partial charge is 0.235 e. The minimum absolute atomic E-state index is 0.658. The van der Waals surface area contributed by atoms with Crippen LogP contribution in [0, 0.1) is 11.0 Å². The van der Waals surface area contributed by atoms with Gasteiger partial charge in [-0.1, -0.05) is 0 Å². The third-order valence-corrected chi connectivity index (χ3v) is 4.90. The van der Waals surface area contributed by atoms with Crippen molar-refractivity contribution in [1.82, 2.24) is 19.5 Å². The number of halogens is 3. The van der Waals surface area contributed by atoms with E-state index in [2.05, 4.69) is 82.7 Å². The van der Waals surface area contributed by atoms with Crippen LogP contribution in [0.1, 0.15) is 0 Å². The van der Waals surface area contributed by atoms with Gasteiger partial charge in [0.1, 0.15) is 13.7 Å². The summed E-state index contributed by atoms with van der Waals surface area (Å²) in [4.78, 5) is 12.6. The van der Waals surface area contributed by atoms with Crippen molar-refractivity contribution in [2.24, 2.45) is 0 Å². The molecule has 0 atom stereocenters. The highest BCUT2D eigenvalue weighted by Gasteiger charge is 2.08. The summed E-state index contributed by atoms with van der Waals surface area (Å²) < 4.78 is 4.88. The molecule has 72 valence electrons. The van der Waals surface area contributed by atoms with Gasteiger partial charge in [0.15, 0.2) is 0 Å². The summed E-state index contributed by atoms with van der Waals surface area (Å²) >= 11 is 6.58. The maximum Gasteiger partial charge on any atom is 0.235 e. The van der Waals surface area contributed by atoms with Crippen molar-refractivity contribution in [3.8, 4) is 5.95 Å². The lowest BCUT2D eigenvalue weighted by Crippen LogP contribution is -2.01. The predicted molar refractivity (Wildman–Crippen MR) is 77.3 cm³/mol. The van der Waals surface area contributed by atoms with Gasteiger partial charge in [0.2, 0.25) is 5.95 Å². The molecule has 14 heavy (non-hydrogen) atoms. The summed E-state index contributed by atoms with van der Waals surface area (Å²) in [5, 5.41) is 0. The van der Waals surface area contributed by atoms with E-state index in [4.69, 9.17) is 0 Å². The molecule has 4 nitrogen and oxygen atoms in total. The van der Waals surface area contributed by atoms with Crippen LogP contribution in [0.5, 0.6) is 0 Å². The molecule has 0 N–H and O–H groups in total. The summed E-state index contributed by atoms with van der Waals surface area (Å²) in [5.74, 6) is 0.658. The fraction of sp³-hybridized carbons (Fsp3) is 0. The van der Waals surface area contributed by atoms with Crippen molar-refractivity contribution >= 4 is 67.8 Å². The van der Waals surface area contributed by atoms with Crippen LogP contribution in [0.3, 0.4) is 0 Å². The molecule has 0 saturated heterocycles.